The number of hydrogen-bond donors (Lipinski definition) is 1. The highest BCUT2D eigenvalue weighted by molar-refractivity contribution is 6.31. The van der Waals surface area contributed by atoms with Crippen LogP contribution in [0.25, 0.3) is 0 Å². The van der Waals surface area contributed by atoms with Gasteiger partial charge in [0.15, 0.2) is 17.3 Å². The van der Waals surface area contributed by atoms with Crippen molar-refractivity contribution in [3.05, 3.63) is 69.9 Å². The minimum absolute atomic E-state index is 0.0305. The Morgan fingerprint density at radius 2 is 1.81 bits per heavy atom. The van der Waals surface area contributed by atoms with E-state index in [-0.39, 0.29) is 36.1 Å². The Morgan fingerprint density at radius 3 is 2.52 bits per heavy atom. The quantitative estimate of drug-likeness (QED) is 0.700. The Balaban J connectivity index is 1.67. The van der Waals surface area contributed by atoms with Gasteiger partial charge in [0.2, 0.25) is 5.91 Å². The first-order chi connectivity index (χ1) is 14.9. The van der Waals surface area contributed by atoms with Crippen LogP contribution in [-0.2, 0) is 9.59 Å². The van der Waals surface area contributed by atoms with E-state index in [1.54, 1.807) is 13.2 Å². The molecule has 4 rings (SSSR count). The van der Waals surface area contributed by atoms with E-state index in [0.717, 1.165) is 11.1 Å². The second-order valence-corrected chi connectivity index (χ2v) is 8.73. The molecule has 0 fully saturated rings. The topological polar surface area (TPSA) is 64.6 Å². The van der Waals surface area contributed by atoms with Gasteiger partial charge in [-0.15, -0.1) is 0 Å². The molecule has 0 saturated heterocycles. The number of carbonyl (C=O) groups excluding carboxylic acids is 2. The van der Waals surface area contributed by atoms with Crippen molar-refractivity contribution in [1.82, 2.24) is 5.32 Å². The molecule has 2 atom stereocenters. The number of amides is 1. The van der Waals surface area contributed by atoms with Crippen molar-refractivity contribution in [3.8, 4) is 11.5 Å². The predicted molar refractivity (Wildman–Crippen MR) is 120 cm³/mol. The Morgan fingerprint density at radius 1 is 1.03 bits per heavy atom. The molecule has 31 heavy (non-hydrogen) atoms. The fourth-order valence-corrected chi connectivity index (χ4v) is 4.78. The molecular formula is C25H26ClNO4. The standard InChI is InChI=1S/C25H26ClNO4/c1-14(2)31-22-9-8-15(12-23(22)30-3)16-10-20-25(21(28)11-16)18(13-24(29)27-20)17-6-4-5-7-19(17)26/h4-9,12,14,16,18H,10-11,13H2,1-3H3,(H,27,29)/t16-,18-/m1/s1. The van der Waals surface area contributed by atoms with Crippen LogP contribution < -0.4 is 14.8 Å². The maximum Gasteiger partial charge on any atom is 0.225 e. The molecule has 1 N–H and O–H groups in total. The van der Waals surface area contributed by atoms with Crippen LogP contribution in [0, 0.1) is 0 Å². The summed E-state index contributed by atoms with van der Waals surface area (Å²) >= 11 is 6.40. The summed E-state index contributed by atoms with van der Waals surface area (Å²) in [5.74, 6) is 0.932. The molecule has 1 amide bonds. The van der Waals surface area contributed by atoms with Gasteiger partial charge in [-0.25, -0.2) is 0 Å². The van der Waals surface area contributed by atoms with Gasteiger partial charge >= 0.3 is 0 Å². The summed E-state index contributed by atoms with van der Waals surface area (Å²) in [6.07, 6.45) is 1.22. The monoisotopic (exact) mass is 439 g/mol. The van der Waals surface area contributed by atoms with Crippen LogP contribution in [0.4, 0.5) is 0 Å². The number of nitrogens with one attached hydrogen (secondary N) is 1. The van der Waals surface area contributed by atoms with Gasteiger partial charge < -0.3 is 14.8 Å². The zero-order valence-corrected chi connectivity index (χ0v) is 18.7. The van der Waals surface area contributed by atoms with Gasteiger partial charge in [-0.3, -0.25) is 9.59 Å². The van der Waals surface area contributed by atoms with Crippen LogP contribution >= 0.6 is 11.6 Å². The number of methoxy groups -OCH3 is 1. The first-order valence-corrected chi connectivity index (χ1v) is 10.9. The third-order valence-electron chi connectivity index (χ3n) is 5.84. The number of ether oxygens (including phenoxy) is 2. The molecule has 1 aliphatic carbocycles. The lowest BCUT2D eigenvalue weighted by atomic mass is 9.73. The average molecular weight is 440 g/mol. The number of hydrogen-bond acceptors (Lipinski definition) is 4. The Bertz CT molecular complexity index is 1060. The Kier molecular flexibility index (Phi) is 6.05. The molecule has 1 aliphatic heterocycles. The molecule has 162 valence electrons. The third kappa shape index (κ3) is 4.33. The minimum Gasteiger partial charge on any atom is -0.493 e. The number of carbonyl (C=O) groups is 2. The van der Waals surface area contributed by atoms with Gasteiger partial charge in [0.1, 0.15) is 0 Å². The van der Waals surface area contributed by atoms with Crippen molar-refractivity contribution in [3.63, 3.8) is 0 Å². The molecule has 5 nitrogen and oxygen atoms in total. The van der Waals surface area contributed by atoms with E-state index in [0.29, 0.717) is 40.6 Å². The highest BCUT2D eigenvalue weighted by Crippen LogP contribution is 2.45. The lowest BCUT2D eigenvalue weighted by molar-refractivity contribution is -0.122. The molecule has 0 unspecified atom stereocenters. The second kappa shape index (κ2) is 8.75. The highest BCUT2D eigenvalue weighted by atomic mass is 35.5. The average Bonchev–Trinajstić information content (AvgIpc) is 2.73. The molecule has 0 radical (unpaired) electrons. The largest absolute Gasteiger partial charge is 0.493 e. The van der Waals surface area contributed by atoms with Gasteiger partial charge in [-0.1, -0.05) is 35.9 Å². The molecule has 0 bridgehead atoms. The van der Waals surface area contributed by atoms with Crippen LogP contribution in [0.1, 0.15) is 56.1 Å². The maximum absolute atomic E-state index is 13.3. The predicted octanol–water partition coefficient (Wildman–Crippen LogP) is 5.14. The Labute approximate surface area is 187 Å². The van der Waals surface area contributed by atoms with Crippen molar-refractivity contribution in [1.29, 1.82) is 0 Å². The normalized spacial score (nSPS) is 21.1. The van der Waals surface area contributed by atoms with Crippen LogP contribution in [0.15, 0.2) is 53.7 Å². The number of ketones is 1. The Hall–Kier alpha value is -2.79. The molecule has 2 aromatic rings. The zero-order chi connectivity index (χ0) is 22.1. The molecule has 0 saturated carbocycles. The highest BCUT2D eigenvalue weighted by Gasteiger charge is 2.39. The number of halogens is 1. The second-order valence-electron chi connectivity index (χ2n) is 8.32. The molecule has 2 aliphatic rings. The van der Waals surface area contributed by atoms with Crippen molar-refractivity contribution in [2.24, 2.45) is 0 Å². The maximum atomic E-state index is 13.3. The van der Waals surface area contributed by atoms with Crippen molar-refractivity contribution >= 4 is 23.3 Å². The van der Waals surface area contributed by atoms with Gasteiger partial charge in [-0.05, 0) is 55.5 Å². The molecular weight excluding hydrogens is 414 g/mol. The molecule has 2 aromatic carbocycles. The number of allylic oxidation sites excluding steroid dienone is 2. The van der Waals surface area contributed by atoms with E-state index in [2.05, 4.69) is 5.32 Å². The minimum atomic E-state index is -0.303. The van der Waals surface area contributed by atoms with Gasteiger partial charge in [-0.2, -0.15) is 0 Å². The van der Waals surface area contributed by atoms with E-state index in [1.807, 2.05) is 50.2 Å². The van der Waals surface area contributed by atoms with Gasteiger partial charge in [0, 0.05) is 35.1 Å². The SMILES string of the molecule is COc1cc([C@H]2CC(=O)C3=C(C2)NC(=O)C[C@@H]3c2ccccc2Cl)ccc1OC(C)C. The third-order valence-corrected chi connectivity index (χ3v) is 6.18. The molecule has 6 heteroatoms. The number of rotatable bonds is 5. The fourth-order valence-electron chi connectivity index (χ4n) is 4.51. The summed E-state index contributed by atoms with van der Waals surface area (Å²) in [6.45, 7) is 3.92. The lowest BCUT2D eigenvalue weighted by Crippen LogP contribution is -2.38. The van der Waals surface area contributed by atoms with E-state index in [4.69, 9.17) is 21.1 Å². The van der Waals surface area contributed by atoms with Crippen molar-refractivity contribution in [2.75, 3.05) is 7.11 Å². The van der Waals surface area contributed by atoms with E-state index >= 15 is 0 Å². The summed E-state index contributed by atoms with van der Waals surface area (Å²) in [6, 6.07) is 13.2. The zero-order valence-electron chi connectivity index (χ0n) is 17.9. The summed E-state index contributed by atoms with van der Waals surface area (Å²) in [5, 5.41) is 3.53. The van der Waals surface area contributed by atoms with Crippen LogP contribution in [0.5, 0.6) is 11.5 Å². The van der Waals surface area contributed by atoms with Crippen LogP contribution in [-0.4, -0.2) is 24.9 Å². The fraction of sp³-hybridized carbons (Fsp3) is 0.360. The summed E-state index contributed by atoms with van der Waals surface area (Å²) < 4.78 is 11.3. The first-order valence-electron chi connectivity index (χ1n) is 10.5. The van der Waals surface area contributed by atoms with Crippen molar-refractivity contribution < 1.29 is 19.1 Å². The van der Waals surface area contributed by atoms with Gasteiger partial charge in [0.05, 0.1) is 13.2 Å². The smallest absolute Gasteiger partial charge is 0.225 e. The summed E-state index contributed by atoms with van der Waals surface area (Å²) in [4.78, 5) is 25.7. The summed E-state index contributed by atoms with van der Waals surface area (Å²) in [5.41, 5.74) is 3.22. The van der Waals surface area contributed by atoms with Crippen molar-refractivity contribution in [2.45, 2.75) is 51.0 Å². The molecule has 0 aromatic heterocycles. The number of benzene rings is 2. The van der Waals surface area contributed by atoms with Gasteiger partial charge in [0.25, 0.3) is 0 Å². The van der Waals surface area contributed by atoms with E-state index in [1.165, 1.54) is 0 Å². The molecule has 0 spiro atoms. The number of Topliss-reactive ketones (excluding diaryl/α,β-unsaturated/α-hetero) is 1. The lowest BCUT2D eigenvalue weighted by Gasteiger charge is -2.35. The first kappa shape index (κ1) is 21.4. The molecule has 1 heterocycles. The van der Waals surface area contributed by atoms with E-state index < -0.39 is 0 Å². The summed E-state index contributed by atoms with van der Waals surface area (Å²) in [7, 11) is 1.61. The van der Waals surface area contributed by atoms with E-state index in [9.17, 15) is 9.59 Å². The van der Waals surface area contributed by atoms with Crippen LogP contribution in [0.2, 0.25) is 5.02 Å². The van der Waals surface area contributed by atoms with Crippen LogP contribution in [0.3, 0.4) is 0 Å².